The van der Waals surface area contributed by atoms with Gasteiger partial charge in [0.1, 0.15) is 5.75 Å². The van der Waals surface area contributed by atoms with Crippen molar-refractivity contribution in [1.82, 2.24) is 5.32 Å². The molecular formula is C11H15Cl2NO3. The van der Waals surface area contributed by atoms with E-state index < -0.39 is 12.1 Å². The highest BCUT2D eigenvalue weighted by Gasteiger charge is 2.14. The number of carbonyl (C=O) groups is 1. The lowest BCUT2D eigenvalue weighted by Crippen LogP contribution is -2.22. The van der Waals surface area contributed by atoms with Crippen LogP contribution in [0.4, 0.5) is 0 Å². The van der Waals surface area contributed by atoms with E-state index in [0.29, 0.717) is 15.8 Å². The molecule has 0 aliphatic carbocycles. The third-order valence-electron chi connectivity index (χ3n) is 1.55. The van der Waals surface area contributed by atoms with Gasteiger partial charge < -0.3 is 15.2 Å². The molecule has 96 valence electrons. The summed E-state index contributed by atoms with van der Waals surface area (Å²) < 4.78 is 5.07. The Morgan fingerprint density at radius 2 is 1.94 bits per heavy atom. The molecule has 1 aromatic rings. The number of hydrogen-bond donors (Lipinski definition) is 2. The Kier molecular flexibility index (Phi) is 7.70. The van der Waals surface area contributed by atoms with E-state index in [9.17, 15) is 4.79 Å². The molecule has 4 nitrogen and oxygen atoms in total. The Morgan fingerprint density at radius 3 is 2.35 bits per heavy atom. The molecule has 1 rings (SSSR count). The molecule has 0 unspecified atom stereocenters. The van der Waals surface area contributed by atoms with Crippen LogP contribution in [-0.2, 0) is 4.79 Å². The minimum Gasteiger partial charge on any atom is -0.479 e. The molecule has 17 heavy (non-hydrogen) atoms. The van der Waals surface area contributed by atoms with Gasteiger partial charge in [0, 0.05) is 5.02 Å². The van der Waals surface area contributed by atoms with Crippen LogP contribution in [0.1, 0.15) is 6.92 Å². The summed E-state index contributed by atoms with van der Waals surface area (Å²) in [6.45, 7) is 1.42. The van der Waals surface area contributed by atoms with Crippen LogP contribution in [0, 0.1) is 0 Å². The summed E-state index contributed by atoms with van der Waals surface area (Å²) >= 11 is 11.4. The number of carboxylic acid groups (broad SMARTS) is 1. The van der Waals surface area contributed by atoms with E-state index in [-0.39, 0.29) is 0 Å². The van der Waals surface area contributed by atoms with Gasteiger partial charge in [-0.1, -0.05) is 23.2 Å². The first-order valence-corrected chi connectivity index (χ1v) is 5.61. The monoisotopic (exact) mass is 279 g/mol. The van der Waals surface area contributed by atoms with Crippen molar-refractivity contribution >= 4 is 29.2 Å². The number of aliphatic carboxylic acids is 1. The Balaban J connectivity index is 0.000000770. The van der Waals surface area contributed by atoms with Crippen molar-refractivity contribution in [1.29, 1.82) is 0 Å². The Labute approximate surface area is 110 Å². The smallest absolute Gasteiger partial charge is 0.344 e. The summed E-state index contributed by atoms with van der Waals surface area (Å²) in [5.41, 5.74) is 0. The van der Waals surface area contributed by atoms with Crippen molar-refractivity contribution in [2.45, 2.75) is 13.0 Å². The summed E-state index contributed by atoms with van der Waals surface area (Å²) in [4.78, 5) is 10.5. The second-order valence-corrected chi connectivity index (χ2v) is 4.02. The third-order valence-corrected chi connectivity index (χ3v) is 2.08. The molecule has 0 aliphatic heterocycles. The molecule has 0 bridgehead atoms. The molecule has 0 spiro atoms. The molecule has 0 amide bonds. The normalized spacial score (nSPS) is 11.1. The number of nitrogens with one attached hydrogen (secondary N) is 1. The summed E-state index contributed by atoms with van der Waals surface area (Å²) in [6, 6.07) is 4.61. The highest BCUT2D eigenvalue weighted by molar-refractivity contribution is 6.35. The second kappa shape index (κ2) is 8.17. The van der Waals surface area contributed by atoms with Crippen molar-refractivity contribution < 1.29 is 14.6 Å². The average molecular weight is 280 g/mol. The van der Waals surface area contributed by atoms with E-state index in [1.807, 2.05) is 14.1 Å². The fraction of sp³-hybridized carbons (Fsp3) is 0.364. The van der Waals surface area contributed by atoms with E-state index in [0.717, 1.165) is 0 Å². The molecule has 0 heterocycles. The number of carboxylic acids is 1. The predicted molar refractivity (Wildman–Crippen MR) is 69.2 cm³/mol. The molecule has 0 saturated carbocycles. The van der Waals surface area contributed by atoms with Gasteiger partial charge in [0.05, 0.1) is 5.02 Å². The lowest BCUT2D eigenvalue weighted by Gasteiger charge is -2.11. The molecule has 0 radical (unpaired) electrons. The van der Waals surface area contributed by atoms with Crippen molar-refractivity contribution in [2.75, 3.05) is 14.1 Å². The lowest BCUT2D eigenvalue weighted by molar-refractivity contribution is -0.144. The fourth-order valence-electron chi connectivity index (χ4n) is 0.812. The van der Waals surface area contributed by atoms with Gasteiger partial charge >= 0.3 is 5.97 Å². The minimum absolute atomic E-state index is 0.297. The highest BCUT2D eigenvalue weighted by atomic mass is 35.5. The molecule has 6 heteroatoms. The van der Waals surface area contributed by atoms with Crippen LogP contribution in [0.3, 0.4) is 0 Å². The van der Waals surface area contributed by atoms with Crippen molar-refractivity contribution in [3.05, 3.63) is 28.2 Å². The van der Waals surface area contributed by atoms with Crippen molar-refractivity contribution in [2.24, 2.45) is 0 Å². The Bertz CT molecular complexity index is 372. The van der Waals surface area contributed by atoms with Crippen LogP contribution in [0.15, 0.2) is 18.2 Å². The van der Waals surface area contributed by atoms with Crippen molar-refractivity contribution in [3.63, 3.8) is 0 Å². The fourth-order valence-corrected chi connectivity index (χ4v) is 1.26. The van der Waals surface area contributed by atoms with E-state index >= 15 is 0 Å². The van der Waals surface area contributed by atoms with Crippen LogP contribution < -0.4 is 10.1 Å². The molecule has 0 aliphatic rings. The van der Waals surface area contributed by atoms with Gasteiger partial charge in [-0.3, -0.25) is 0 Å². The van der Waals surface area contributed by atoms with Gasteiger partial charge in [-0.15, -0.1) is 0 Å². The van der Waals surface area contributed by atoms with Gasteiger partial charge in [0.15, 0.2) is 6.10 Å². The Hall–Kier alpha value is -0.970. The summed E-state index contributed by atoms with van der Waals surface area (Å²) in [6.07, 6.45) is -0.936. The average Bonchev–Trinajstić information content (AvgIpc) is 2.23. The van der Waals surface area contributed by atoms with E-state index in [1.165, 1.54) is 19.1 Å². The first-order chi connectivity index (χ1) is 7.92. The van der Waals surface area contributed by atoms with Crippen LogP contribution >= 0.6 is 23.2 Å². The second-order valence-electron chi connectivity index (χ2n) is 3.17. The maximum atomic E-state index is 10.5. The highest BCUT2D eigenvalue weighted by Crippen LogP contribution is 2.28. The predicted octanol–water partition coefficient (Wildman–Crippen LogP) is 2.68. The number of ether oxygens (including phenoxy) is 1. The molecule has 0 fully saturated rings. The molecular weight excluding hydrogens is 265 g/mol. The van der Waals surface area contributed by atoms with E-state index in [1.54, 1.807) is 6.07 Å². The molecule has 2 N–H and O–H groups in total. The topological polar surface area (TPSA) is 58.6 Å². The molecule has 0 saturated heterocycles. The minimum atomic E-state index is -1.05. The van der Waals surface area contributed by atoms with Crippen LogP contribution in [0.5, 0.6) is 5.75 Å². The van der Waals surface area contributed by atoms with Gasteiger partial charge in [0.25, 0.3) is 0 Å². The maximum absolute atomic E-state index is 10.5. The summed E-state index contributed by atoms with van der Waals surface area (Å²) in [5, 5.41) is 12.1. The van der Waals surface area contributed by atoms with Gasteiger partial charge in [-0.2, -0.15) is 0 Å². The number of halogens is 2. The van der Waals surface area contributed by atoms with Crippen LogP contribution in [0.25, 0.3) is 0 Å². The SMILES string of the molecule is CNC.C[C@@H](Oc1ccc(Cl)cc1Cl)C(=O)O. The van der Waals surface area contributed by atoms with Gasteiger partial charge in [0.2, 0.25) is 0 Å². The standard InChI is InChI=1S/C9H8Cl2O3.C2H7N/c1-5(9(12)13)14-8-3-2-6(10)4-7(8)11;1-3-2/h2-5H,1H3,(H,12,13);3H,1-2H3/t5-;/m1./s1. The first kappa shape index (κ1) is 16.0. The van der Waals surface area contributed by atoms with Gasteiger partial charge in [-0.25, -0.2) is 4.79 Å². The number of hydrogen-bond acceptors (Lipinski definition) is 3. The number of rotatable bonds is 3. The van der Waals surface area contributed by atoms with Crippen LogP contribution in [-0.4, -0.2) is 31.3 Å². The summed E-state index contributed by atoms with van der Waals surface area (Å²) in [5.74, 6) is -0.734. The zero-order valence-electron chi connectivity index (χ0n) is 9.83. The van der Waals surface area contributed by atoms with E-state index in [4.69, 9.17) is 33.0 Å². The molecule has 1 aromatic carbocycles. The van der Waals surface area contributed by atoms with Gasteiger partial charge in [-0.05, 0) is 39.2 Å². The molecule has 0 aromatic heterocycles. The van der Waals surface area contributed by atoms with Crippen LogP contribution in [0.2, 0.25) is 10.0 Å². The lowest BCUT2D eigenvalue weighted by atomic mass is 10.3. The first-order valence-electron chi connectivity index (χ1n) is 4.85. The van der Waals surface area contributed by atoms with E-state index in [2.05, 4.69) is 5.32 Å². The largest absolute Gasteiger partial charge is 0.479 e. The molecule has 1 atom stereocenters. The zero-order chi connectivity index (χ0) is 13.4. The maximum Gasteiger partial charge on any atom is 0.344 e. The Morgan fingerprint density at radius 1 is 1.41 bits per heavy atom. The quantitative estimate of drug-likeness (QED) is 0.893. The zero-order valence-corrected chi connectivity index (χ0v) is 11.3. The van der Waals surface area contributed by atoms with Crippen molar-refractivity contribution in [3.8, 4) is 5.75 Å². The number of benzene rings is 1. The third kappa shape index (κ3) is 6.36. The summed E-state index contributed by atoms with van der Waals surface area (Å²) in [7, 11) is 3.75.